The normalized spacial score (nSPS) is 11.6. The maximum absolute atomic E-state index is 13.5. The van der Waals surface area contributed by atoms with E-state index in [-0.39, 0.29) is 54.2 Å². The minimum atomic E-state index is -3.67. The standard InChI is InChI=1S/2C17H19FN2O2.2CH4O3S.H2O/c2*1-12(17(19)21)20-10-13-6-8-15(9-7-13)22-11-14-4-2-3-5-16(14)18;2*1-5(2,3)4;/h2*2-9,12,20H,10-11H2,1H3,(H2,19,21);2*1H3,(H,2,3,4);1H2/t2*12-;;;/m00.../s1. The molecule has 0 fully saturated rings. The summed E-state index contributed by atoms with van der Waals surface area (Å²) in [5.41, 5.74) is 13.4. The number of nitrogens with two attached hydrogens (primary N) is 2. The molecule has 304 valence electrons. The van der Waals surface area contributed by atoms with Crippen LogP contribution >= 0.6 is 0 Å². The third-order valence-electron chi connectivity index (χ3n) is 6.63. The van der Waals surface area contributed by atoms with Gasteiger partial charge in [-0.15, -0.1) is 0 Å². The Labute approximate surface area is 319 Å². The van der Waals surface area contributed by atoms with Crippen LogP contribution in [0.2, 0.25) is 0 Å². The molecule has 2 amide bonds. The number of benzene rings is 4. The van der Waals surface area contributed by atoms with Gasteiger partial charge in [0.05, 0.1) is 24.6 Å². The summed E-state index contributed by atoms with van der Waals surface area (Å²) >= 11 is 0. The Hall–Kier alpha value is -5.02. The molecule has 55 heavy (non-hydrogen) atoms. The third kappa shape index (κ3) is 25.6. The van der Waals surface area contributed by atoms with Crippen LogP contribution in [0.1, 0.15) is 36.1 Å². The van der Waals surface area contributed by atoms with Crippen molar-refractivity contribution in [1.82, 2.24) is 10.6 Å². The molecule has 0 saturated heterocycles. The lowest BCUT2D eigenvalue weighted by Crippen LogP contribution is -2.38. The van der Waals surface area contributed by atoms with Crippen molar-refractivity contribution >= 4 is 32.1 Å². The van der Waals surface area contributed by atoms with Crippen LogP contribution in [0.3, 0.4) is 0 Å². The number of hydrogen-bond donors (Lipinski definition) is 6. The minimum Gasteiger partial charge on any atom is -0.489 e. The van der Waals surface area contributed by atoms with Crippen molar-refractivity contribution in [3.8, 4) is 11.5 Å². The Morgan fingerprint density at radius 1 is 0.618 bits per heavy atom. The second-order valence-electron chi connectivity index (χ2n) is 11.5. The summed E-state index contributed by atoms with van der Waals surface area (Å²) in [5.74, 6) is 0.00658. The van der Waals surface area contributed by atoms with Crippen molar-refractivity contribution in [2.75, 3.05) is 12.5 Å². The number of ether oxygens (including phenoxy) is 2. The zero-order valence-corrected chi connectivity index (χ0v) is 32.2. The Morgan fingerprint density at radius 3 is 1.15 bits per heavy atom. The van der Waals surface area contributed by atoms with E-state index in [1.807, 2.05) is 48.5 Å². The quantitative estimate of drug-likeness (QED) is 0.100. The molecule has 0 aliphatic rings. The molecule has 0 heterocycles. The summed E-state index contributed by atoms with van der Waals surface area (Å²) in [7, 11) is -7.33. The number of rotatable bonds is 14. The molecule has 0 spiro atoms. The molecule has 15 nitrogen and oxygen atoms in total. The van der Waals surface area contributed by atoms with Crippen LogP contribution in [-0.2, 0) is 56.1 Å². The van der Waals surface area contributed by atoms with E-state index in [9.17, 15) is 35.2 Å². The highest BCUT2D eigenvalue weighted by Gasteiger charge is 2.09. The zero-order chi connectivity index (χ0) is 40.9. The predicted octanol–water partition coefficient (Wildman–Crippen LogP) is 2.92. The van der Waals surface area contributed by atoms with Gasteiger partial charge in [-0.25, -0.2) is 8.78 Å². The van der Waals surface area contributed by atoms with Gasteiger partial charge in [0, 0.05) is 24.2 Å². The number of nitrogens with one attached hydrogen (secondary N) is 2. The van der Waals surface area contributed by atoms with Gasteiger partial charge in [0.1, 0.15) is 36.3 Å². The first-order valence-corrected chi connectivity index (χ1v) is 19.6. The molecular formula is C36H48F2N4O11S2. The molecule has 0 radical (unpaired) electrons. The molecule has 4 aromatic carbocycles. The van der Waals surface area contributed by atoms with Gasteiger partial charge in [0.25, 0.3) is 20.2 Å². The summed E-state index contributed by atoms with van der Waals surface area (Å²) in [5, 5.41) is 6.04. The van der Waals surface area contributed by atoms with Gasteiger partial charge in [-0.05, 0) is 61.4 Å². The van der Waals surface area contributed by atoms with Crippen LogP contribution in [0, 0.1) is 11.6 Å². The Bertz CT molecular complexity index is 1810. The molecule has 0 saturated carbocycles. The van der Waals surface area contributed by atoms with E-state index in [2.05, 4.69) is 10.6 Å². The summed E-state index contributed by atoms with van der Waals surface area (Å²) in [6, 6.07) is 27.1. The van der Waals surface area contributed by atoms with Gasteiger partial charge in [-0.1, -0.05) is 60.7 Å². The number of halogens is 2. The van der Waals surface area contributed by atoms with Gasteiger partial charge in [0.15, 0.2) is 0 Å². The Kier molecular flexibility index (Phi) is 22.8. The maximum Gasteiger partial charge on any atom is 0.261 e. The molecular weight excluding hydrogens is 767 g/mol. The minimum absolute atomic E-state index is 0. The molecule has 19 heteroatoms. The largest absolute Gasteiger partial charge is 0.489 e. The van der Waals surface area contributed by atoms with E-state index in [0.717, 1.165) is 11.1 Å². The van der Waals surface area contributed by atoms with Crippen LogP contribution < -0.4 is 31.6 Å². The monoisotopic (exact) mass is 814 g/mol. The highest BCUT2D eigenvalue weighted by molar-refractivity contribution is 7.85. The SMILES string of the molecule is CS(=O)(=O)O.CS(=O)(=O)O.C[C@H](NCc1ccc(OCc2ccccc2F)cc1)C(N)=O.C[C@H](NCc1ccc(OCc2ccccc2F)cc1)C(N)=O.O. The van der Waals surface area contributed by atoms with E-state index < -0.39 is 20.2 Å². The first kappa shape index (κ1) is 50.0. The Balaban J connectivity index is 0.000000839. The zero-order valence-electron chi connectivity index (χ0n) is 30.6. The van der Waals surface area contributed by atoms with E-state index >= 15 is 0 Å². The summed E-state index contributed by atoms with van der Waals surface area (Å²) in [6.45, 7) is 4.88. The maximum atomic E-state index is 13.5. The highest BCUT2D eigenvalue weighted by atomic mass is 32.2. The molecule has 10 N–H and O–H groups in total. The van der Waals surface area contributed by atoms with Crippen molar-refractivity contribution < 1.29 is 59.3 Å². The van der Waals surface area contributed by atoms with Gasteiger partial charge >= 0.3 is 0 Å². The van der Waals surface area contributed by atoms with Gasteiger partial charge < -0.3 is 37.1 Å². The first-order valence-electron chi connectivity index (χ1n) is 15.9. The molecule has 0 aliphatic heterocycles. The molecule has 0 unspecified atom stereocenters. The summed E-state index contributed by atoms with van der Waals surface area (Å²) < 4.78 is 89.8. The van der Waals surface area contributed by atoms with Crippen molar-refractivity contribution in [2.24, 2.45) is 11.5 Å². The average Bonchev–Trinajstić information content (AvgIpc) is 3.08. The highest BCUT2D eigenvalue weighted by Crippen LogP contribution is 2.17. The summed E-state index contributed by atoms with van der Waals surface area (Å²) in [4.78, 5) is 21.9. The van der Waals surface area contributed by atoms with Gasteiger partial charge in [-0.3, -0.25) is 18.7 Å². The van der Waals surface area contributed by atoms with E-state index in [1.54, 1.807) is 50.2 Å². The molecule has 4 aromatic rings. The number of hydrogen-bond acceptors (Lipinski definition) is 10. The average molecular weight is 815 g/mol. The Morgan fingerprint density at radius 2 is 0.891 bits per heavy atom. The lowest BCUT2D eigenvalue weighted by Gasteiger charge is -2.11. The second-order valence-corrected chi connectivity index (χ2v) is 14.5. The topological polar surface area (TPSA) is 269 Å². The fourth-order valence-electron chi connectivity index (χ4n) is 3.70. The van der Waals surface area contributed by atoms with E-state index in [0.29, 0.717) is 48.2 Å². The van der Waals surface area contributed by atoms with Crippen LogP contribution in [-0.4, -0.2) is 67.8 Å². The second kappa shape index (κ2) is 25.1. The van der Waals surface area contributed by atoms with Crippen LogP contribution in [0.25, 0.3) is 0 Å². The number of carbonyl (C=O) groups excluding carboxylic acids is 2. The van der Waals surface area contributed by atoms with E-state index in [1.165, 1.54) is 12.1 Å². The lowest BCUT2D eigenvalue weighted by molar-refractivity contribution is -0.120. The van der Waals surface area contributed by atoms with Crippen molar-refractivity contribution in [3.05, 3.63) is 131 Å². The molecule has 2 atom stereocenters. The van der Waals surface area contributed by atoms with Gasteiger partial charge in [0.2, 0.25) is 11.8 Å². The van der Waals surface area contributed by atoms with Crippen molar-refractivity contribution in [1.29, 1.82) is 0 Å². The fraction of sp³-hybridized carbons (Fsp3) is 0.278. The summed E-state index contributed by atoms with van der Waals surface area (Å²) in [6.07, 6.45) is 1.43. The molecule has 0 aromatic heterocycles. The third-order valence-corrected chi connectivity index (χ3v) is 6.63. The van der Waals surface area contributed by atoms with Crippen molar-refractivity contribution in [3.63, 3.8) is 0 Å². The van der Waals surface area contributed by atoms with Gasteiger partial charge in [-0.2, -0.15) is 16.8 Å². The number of amides is 2. The predicted molar refractivity (Wildman–Crippen MR) is 204 cm³/mol. The molecule has 0 aliphatic carbocycles. The number of carbonyl (C=O) groups is 2. The smallest absolute Gasteiger partial charge is 0.261 e. The first-order chi connectivity index (χ1) is 25.1. The lowest BCUT2D eigenvalue weighted by atomic mass is 10.2. The fourth-order valence-corrected chi connectivity index (χ4v) is 3.70. The van der Waals surface area contributed by atoms with E-state index in [4.69, 9.17) is 30.0 Å². The molecule has 4 rings (SSSR count). The molecule has 0 bridgehead atoms. The van der Waals surface area contributed by atoms with Crippen molar-refractivity contribution in [2.45, 2.75) is 52.2 Å². The van der Waals surface area contributed by atoms with Crippen LogP contribution in [0.5, 0.6) is 11.5 Å². The van der Waals surface area contributed by atoms with Crippen LogP contribution in [0.4, 0.5) is 8.78 Å². The number of primary amides is 2. The van der Waals surface area contributed by atoms with Crippen LogP contribution in [0.15, 0.2) is 97.1 Å².